The summed E-state index contributed by atoms with van der Waals surface area (Å²) in [7, 11) is 0. The molecule has 1 heterocycles. The summed E-state index contributed by atoms with van der Waals surface area (Å²) in [5.74, 6) is 0.811. The molecule has 1 aromatic carbocycles. The molecule has 15 heavy (non-hydrogen) atoms. The molecule has 3 nitrogen and oxygen atoms in total. The topological polar surface area (TPSA) is 29.9 Å². The van der Waals surface area contributed by atoms with Crippen molar-refractivity contribution in [3.8, 4) is 5.69 Å². The molecule has 4 heteroatoms. The van der Waals surface area contributed by atoms with Crippen LogP contribution in [0.25, 0.3) is 5.69 Å². The molecule has 78 valence electrons. The Morgan fingerprint density at radius 1 is 1.40 bits per heavy atom. The molecule has 2 aromatic rings. The number of para-hydroxylation sites is 1. The maximum Gasteiger partial charge on any atom is 0.207 e. The number of benzene rings is 1. The van der Waals surface area contributed by atoms with Crippen molar-refractivity contribution in [1.29, 1.82) is 0 Å². The van der Waals surface area contributed by atoms with Gasteiger partial charge in [-0.2, -0.15) is 0 Å². The van der Waals surface area contributed by atoms with Gasteiger partial charge < -0.3 is 5.32 Å². The molecule has 1 N–H and O–H groups in total. The zero-order valence-corrected chi connectivity index (χ0v) is 9.20. The van der Waals surface area contributed by atoms with Gasteiger partial charge >= 0.3 is 0 Å². The van der Waals surface area contributed by atoms with E-state index < -0.39 is 0 Å². The zero-order chi connectivity index (χ0) is 10.7. The van der Waals surface area contributed by atoms with E-state index in [4.69, 9.17) is 11.6 Å². The Morgan fingerprint density at radius 3 is 2.93 bits per heavy atom. The fourth-order valence-corrected chi connectivity index (χ4v) is 1.66. The number of aromatic nitrogens is 2. The third-order valence-electron chi connectivity index (χ3n) is 2.09. The number of nitrogens with zero attached hydrogens (tertiary/aromatic N) is 2. The second-order valence-corrected chi connectivity index (χ2v) is 3.51. The van der Waals surface area contributed by atoms with E-state index in [1.54, 1.807) is 6.20 Å². The molecular formula is C11H12ClN3. The average molecular weight is 222 g/mol. The van der Waals surface area contributed by atoms with E-state index in [1.807, 2.05) is 42.0 Å². The van der Waals surface area contributed by atoms with Crippen molar-refractivity contribution in [3.05, 3.63) is 41.7 Å². The molecule has 0 radical (unpaired) electrons. The van der Waals surface area contributed by atoms with Gasteiger partial charge in [0.1, 0.15) is 0 Å². The van der Waals surface area contributed by atoms with Gasteiger partial charge in [-0.15, -0.1) is 0 Å². The predicted molar refractivity (Wildman–Crippen MR) is 62.7 cm³/mol. The van der Waals surface area contributed by atoms with Crippen molar-refractivity contribution in [2.45, 2.75) is 6.92 Å². The monoisotopic (exact) mass is 221 g/mol. The van der Waals surface area contributed by atoms with E-state index in [0.717, 1.165) is 23.2 Å². The molecule has 0 aliphatic carbocycles. The highest BCUT2D eigenvalue weighted by molar-refractivity contribution is 6.32. The number of hydrogen-bond donors (Lipinski definition) is 1. The highest BCUT2D eigenvalue weighted by Crippen LogP contribution is 2.22. The lowest BCUT2D eigenvalue weighted by atomic mass is 10.3. The first-order chi connectivity index (χ1) is 7.33. The molecule has 0 saturated heterocycles. The van der Waals surface area contributed by atoms with Crippen LogP contribution in [0.2, 0.25) is 5.02 Å². The van der Waals surface area contributed by atoms with Crippen molar-refractivity contribution >= 4 is 17.5 Å². The quantitative estimate of drug-likeness (QED) is 0.864. The SMILES string of the molecule is CCNc1nccn1-c1ccccc1Cl. The Bertz CT molecular complexity index is 451. The number of imidazole rings is 1. The average Bonchev–Trinajstić information content (AvgIpc) is 2.67. The minimum atomic E-state index is 0.717. The summed E-state index contributed by atoms with van der Waals surface area (Å²) in [6.07, 6.45) is 3.64. The third-order valence-corrected chi connectivity index (χ3v) is 2.41. The highest BCUT2D eigenvalue weighted by Gasteiger charge is 2.06. The Labute approximate surface area is 93.7 Å². The molecular weight excluding hydrogens is 210 g/mol. The van der Waals surface area contributed by atoms with Crippen molar-refractivity contribution in [3.63, 3.8) is 0 Å². The third kappa shape index (κ3) is 1.97. The molecule has 0 aliphatic heterocycles. The molecule has 0 saturated carbocycles. The Balaban J connectivity index is 2.45. The van der Waals surface area contributed by atoms with Gasteiger partial charge in [-0.1, -0.05) is 23.7 Å². The Kier molecular flexibility index (Phi) is 2.92. The van der Waals surface area contributed by atoms with Crippen LogP contribution in [0.1, 0.15) is 6.92 Å². The van der Waals surface area contributed by atoms with Gasteiger partial charge in [0, 0.05) is 18.9 Å². The largest absolute Gasteiger partial charge is 0.356 e. The fraction of sp³-hybridized carbons (Fsp3) is 0.182. The molecule has 2 rings (SSSR count). The van der Waals surface area contributed by atoms with Crippen LogP contribution in [-0.2, 0) is 0 Å². The van der Waals surface area contributed by atoms with Gasteiger partial charge in [-0.25, -0.2) is 4.98 Å². The van der Waals surface area contributed by atoms with Crippen LogP contribution in [0.15, 0.2) is 36.7 Å². The number of anilines is 1. The molecule has 0 aliphatic rings. The second kappa shape index (κ2) is 4.36. The van der Waals surface area contributed by atoms with Gasteiger partial charge in [0.2, 0.25) is 5.95 Å². The normalized spacial score (nSPS) is 10.3. The standard InChI is InChI=1S/C11H12ClN3/c1-2-13-11-14-7-8-15(11)10-6-4-3-5-9(10)12/h3-8H,2H2,1H3,(H,13,14). The van der Waals surface area contributed by atoms with Crippen LogP contribution in [-0.4, -0.2) is 16.1 Å². The molecule has 0 amide bonds. The summed E-state index contributed by atoms with van der Waals surface area (Å²) in [5, 5.41) is 3.89. The second-order valence-electron chi connectivity index (χ2n) is 3.10. The summed E-state index contributed by atoms with van der Waals surface area (Å²) in [4.78, 5) is 4.22. The van der Waals surface area contributed by atoms with Gasteiger partial charge in [0.25, 0.3) is 0 Å². The summed E-state index contributed by atoms with van der Waals surface area (Å²) in [5.41, 5.74) is 0.938. The van der Waals surface area contributed by atoms with Crippen molar-refractivity contribution in [2.24, 2.45) is 0 Å². The predicted octanol–water partition coefficient (Wildman–Crippen LogP) is 2.96. The van der Waals surface area contributed by atoms with Gasteiger partial charge in [0.05, 0.1) is 10.7 Å². The van der Waals surface area contributed by atoms with Crippen LogP contribution in [0.4, 0.5) is 5.95 Å². The summed E-state index contributed by atoms with van der Waals surface area (Å²) in [6, 6.07) is 7.70. The molecule has 0 fully saturated rings. The van der Waals surface area contributed by atoms with Crippen molar-refractivity contribution < 1.29 is 0 Å². The van der Waals surface area contributed by atoms with E-state index in [-0.39, 0.29) is 0 Å². The molecule has 1 aromatic heterocycles. The first-order valence-electron chi connectivity index (χ1n) is 4.85. The molecule has 0 unspecified atom stereocenters. The minimum absolute atomic E-state index is 0.717. The maximum atomic E-state index is 6.11. The molecule has 0 spiro atoms. The zero-order valence-electron chi connectivity index (χ0n) is 8.44. The van der Waals surface area contributed by atoms with E-state index in [2.05, 4.69) is 10.3 Å². The number of rotatable bonds is 3. The minimum Gasteiger partial charge on any atom is -0.356 e. The van der Waals surface area contributed by atoms with Crippen LogP contribution in [0, 0.1) is 0 Å². The van der Waals surface area contributed by atoms with Crippen LogP contribution in [0.5, 0.6) is 0 Å². The number of halogens is 1. The summed E-state index contributed by atoms with van der Waals surface area (Å²) >= 11 is 6.11. The van der Waals surface area contributed by atoms with Crippen LogP contribution in [0.3, 0.4) is 0 Å². The summed E-state index contributed by atoms with van der Waals surface area (Å²) in [6.45, 7) is 2.87. The van der Waals surface area contributed by atoms with E-state index in [9.17, 15) is 0 Å². The van der Waals surface area contributed by atoms with Gasteiger partial charge in [-0.05, 0) is 19.1 Å². The number of hydrogen-bond acceptors (Lipinski definition) is 2. The molecule has 0 bridgehead atoms. The lowest BCUT2D eigenvalue weighted by Crippen LogP contribution is -2.05. The Morgan fingerprint density at radius 2 is 2.20 bits per heavy atom. The van der Waals surface area contributed by atoms with E-state index in [0.29, 0.717) is 0 Å². The summed E-state index contributed by atoms with van der Waals surface area (Å²) < 4.78 is 1.94. The smallest absolute Gasteiger partial charge is 0.207 e. The van der Waals surface area contributed by atoms with E-state index >= 15 is 0 Å². The van der Waals surface area contributed by atoms with Gasteiger partial charge in [0.15, 0.2) is 0 Å². The van der Waals surface area contributed by atoms with Crippen molar-refractivity contribution in [1.82, 2.24) is 9.55 Å². The highest BCUT2D eigenvalue weighted by atomic mass is 35.5. The lowest BCUT2D eigenvalue weighted by molar-refractivity contribution is 1.02. The maximum absolute atomic E-state index is 6.11. The van der Waals surface area contributed by atoms with Crippen LogP contribution >= 0.6 is 11.6 Å². The van der Waals surface area contributed by atoms with Gasteiger partial charge in [-0.3, -0.25) is 4.57 Å². The van der Waals surface area contributed by atoms with E-state index in [1.165, 1.54) is 0 Å². The Hall–Kier alpha value is -1.48. The van der Waals surface area contributed by atoms with Crippen LogP contribution < -0.4 is 5.32 Å². The first-order valence-corrected chi connectivity index (χ1v) is 5.23. The molecule has 0 atom stereocenters. The van der Waals surface area contributed by atoms with Crippen molar-refractivity contribution in [2.75, 3.05) is 11.9 Å². The lowest BCUT2D eigenvalue weighted by Gasteiger charge is -2.09. The number of nitrogens with one attached hydrogen (secondary N) is 1. The fourth-order valence-electron chi connectivity index (χ4n) is 1.43. The first kappa shape index (κ1) is 10.1.